The van der Waals surface area contributed by atoms with Crippen LogP contribution >= 0.6 is 12.2 Å². The third kappa shape index (κ3) is 3.70. The molecule has 1 aliphatic carbocycles. The minimum absolute atomic E-state index is 0.0323. The number of hydrogen-bond donors (Lipinski definition) is 2. The molecule has 1 unspecified atom stereocenters. The molecule has 1 saturated heterocycles. The van der Waals surface area contributed by atoms with Gasteiger partial charge >= 0.3 is 0 Å². The Morgan fingerprint density at radius 1 is 1.25 bits per heavy atom. The fraction of sp³-hybridized carbons (Fsp3) is 0.867. The highest BCUT2D eigenvalue weighted by Crippen LogP contribution is 2.35. The van der Waals surface area contributed by atoms with Gasteiger partial charge in [0.1, 0.15) is 0 Å². The summed E-state index contributed by atoms with van der Waals surface area (Å²) in [5, 5.41) is 3.04. The molecule has 0 bridgehead atoms. The predicted molar refractivity (Wildman–Crippen MR) is 83.5 cm³/mol. The van der Waals surface area contributed by atoms with E-state index in [1.807, 2.05) is 0 Å². The van der Waals surface area contributed by atoms with Crippen molar-refractivity contribution in [2.45, 2.75) is 63.9 Å². The number of rotatable bonds is 5. The molecule has 2 fully saturated rings. The fourth-order valence-electron chi connectivity index (χ4n) is 3.31. The molecular formula is C15H26N2O2S. The van der Waals surface area contributed by atoms with Gasteiger partial charge in [-0.15, -0.1) is 0 Å². The first-order valence-electron chi connectivity index (χ1n) is 7.85. The highest BCUT2D eigenvalue weighted by Gasteiger charge is 2.41. The van der Waals surface area contributed by atoms with E-state index in [1.54, 1.807) is 0 Å². The van der Waals surface area contributed by atoms with E-state index in [9.17, 15) is 4.79 Å². The highest BCUT2D eigenvalue weighted by atomic mass is 32.1. The van der Waals surface area contributed by atoms with Crippen molar-refractivity contribution >= 4 is 23.1 Å². The zero-order valence-corrected chi connectivity index (χ0v) is 13.0. The lowest BCUT2D eigenvalue weighted by atomic mass is 9.79. The Morgan fingerprint density at radius 3 is 2.50 bits per heavy atom. The van der Waals surface area contributed by atoms with Crippen LogP contribution in [0.1, 0.15) is 57.8 Å². The second kappa shape index (κ2) is 7.36. The van der Waals surface area contributed by atoms with Crippen molar-refractivity contribution in [2.24, 2.45) is 11.1 Å². The molecule has 3 N–H and O–H groups in total. The first-order valence-corrected chi connectivity index (χ1v) is 8.26. The first kappa shape index (κ1) is 15.7. The van der Waals surface area contributed by atoms with Gasteiger partial charge in [-0.25, -0.2) is 0 Å². The zero-order valence-electron chi connectivity index (χ0n) is 12.2. The average molecular weight is 298 g/mol. The Hall–Kier alpha value is -0.680. The van der Waals surface area contributed by atoms with E-state index in [0.717, 1.165) is 51.6 Å². The van der Waals surface area contributed by atoms with Crippen molar-refractivity contribution < 1.29 is 9.53 Å². The van der Waals surface area contributed by atoms with Crippen molar-refractivity contribution in [2.75, 3.05) is 13.2 Å². The fourth-order valence-corrected chi connectivity index (χ4v) is 3.60. The number of carbonyl (C=O) groups excluding carboxylic acids is 1. The summed E-state index contributed by atoms with van der Waals surface area (Å²) in [6.07, 6.45) is 9.46. The Morgan fingerprint density at radius 2 is 1.95 bits per heavy atom. The van der Waals surface area contributed by atoms with E-state index < -0.39 is 5.41 Å². The highest BCUT2D eigenvalue weighted by molar-refractivity contribution is 7.80. The summed E-state index contributed by atoms with van der Waals surface area (Å²) in [7, 11) is 0. The maximum absolute atomic E-state index is 12.6. The topological polar surface area (TPSA) is 64.4 Å². The number of nitrogens with one attached hydrogen (secondary N) is 1. The molecular weight excluding hydrogens is 272 g/mol. The molecule has 0 spiro atoms. The molecule has 1 aliphatic heterocycles. The van der Waals surface area contributed by atoms with E-state index >= 15 is 0 Å². The summed E-state index contributed by atoms with van der Waals surface area (Å²) in [6, 6.07) is 0. The van der Waals surface area contributed by atoms with Crippen molar-refractivity contribution in [3.63, 3.8) is 0 Å². The molecule has 2 aliphatic rings. The van der Waals surface area contributed by atoms with Crippen LogP contribution in [-0.2, 0) is 9.53 Å². The number of nitrogens with two attached hydrogens (primary N) is 1. The SMILES string of the molecule is NC(=S)C1(C(=O)NCCC2CCCO2)CCCCCC1. The van der Waals surface area contributed by atoms with E-state index in [1.165, 1.54) is 12.8 Å². The number of carbonyl (C=O) groups is 1. The molecule has 114 valence electrons. The van der Waals surface area contributed by atoms with Gasteiger partial charge in [0.15, 0.2) is 0 Å². The zero-order chi connectivity index (χ0) is 14.4. The monoisotopic (exact) mass is 298 g/mol. The van der Waals surface area contributed by atoms with E-state index in [2.05, 4.69) is 5.32 Å². The van der Waals surface area contributed by atoms with E-state index in [0.29, 0.717) is 17.6 Å². The van der Waals surface area contributed by atoms with Crippen molar-refractivity contribution in [1.29, 1.82) is 0 Å². The summed E-state index contributed by atoms with van der Waals surface area (Å²) in [6.45, 7) is 1.52. The number of hydrogen-bond acceptors (Lipinski definition) is 3. The smallest absolute Gasteiger partial charge is 0.233 e. The molecule has 2 rings (SSSR count). The third-order valence-corrected chi connectivity index (χ3v) is 5.03. The Balaban J connectivity index is 1.87. The van der Waals surface area contributed by atoms with Crippen molar-refractivity contribution in [3.05, 3.63) is 0 Å². The van der Waals surface area contributed by atoms with Gasteiger partial charge in [0.2, 0.25) is 5.91 Å². The van der Waals surface area contributed by atoms with Crippen LogP contribution in [0.4, 0.5) is 0 Å². The molecule has 0 aromatic carbocycles. The average Bonchev–Trinajstić information content (AvgIpc) is 2.80. The molecule has 1 amide bonds. The molecule has 4 nitrogen and oxygen atoms in total. The summed E-state index contributed by atoms with van der Waals surface area (Å²) >= 11 is 5.21. The van der Waals surface area contributed by atoms with Gasteiger partial charge in [-0.1, -0.05) is 37.9 Å². The largest absolute Gasteiger partial charge is 0.392 e. The number of thiocarbonyl (C=S) groups is 1. The van der Waals surface area contributed by atoms with Crippen LogP contribution in [0.5, 0.6) is 0 Å². The van der Waals surface area contributed by atoms with Crippen LogP contribution in [0.15, 0.2) is 0 Å². The summed E-state index contributed by atoms with van der Waals surface area (Å²) in [4.78, 5) is 12.9. The predicted octanol–water partition coefficient (Wildman–Crippen LogP) is 2.30. The van der Waals surface area contributed by atoms with Crippen molar-refractivity contribution in [3.8, 4) is 0 Å². The lowest BCUT2D eigenvalue weighted by Crippen LogP contribution is -2.49. The Kier molecular flexibility index (Phi) is 5.78. The van der Waals surface area contributed by atoms with Gasteiger partial charge in [0.05, 0.1) is 16.5 Å². The van der Waals surface area contributed by atoms with Gasteiger partial charge in [-0.3, -0.25) is 4.79 Å². The standard InChI is InChI=1S/C15H26N2O2S/c16-13(20)15(8-3-1-2-4-9-15)14(18)17-10-7-12-6-5-11-19-12/h12H,1-11H2,(H2,16,20)(H,17,18). The summed E-state index contributed by atoms with van der Waals surface area (Å²) in [5.41, 5.74) is 5.30. The summed E-state index contributed by atoms with van der Waals surface area (Å²) < 4.78 is 5.57. The molecule has 0 aromatic heterocycles. The second-order valence-corrected chi connectivity index (χ2v) is 6.48. The van der Waals surface area contributed by atoms with Crippen molar-refractivity contribution in [1.82, 2.24) is 5.32 Å². The van der Waals surface area contributed by atoms with Gasteiger partial charge < -0.3 is 15.8 Å². The maximum atomic E-state index is 12.6. The van der Waals surface area contributed by atoms with Crippen LogP contribution in [0.25, 0.3) is 0 Å². The van der Waals surface area contributed by atoms with E-state index in [4.69, 9.17) is 22.7 Å². The summed E-state index contributed by atoms with van der Waals surface area (Å²) in [5.74, 6) is 0.0323. The molecule has 1 atom stereocenters. The minimum Gasteiger partial charge on any atom is -0.392 e. The lowest BCUT2D eigenvalue weighted by molar-refractivity contribution is -0.128. The number of ether oxygens (including phenoxy) is 1. The molecule has 0 aromatic rings. The molecule has 20 heavy (non-hydrogen) atoms. The normalized spacial score (nSPS) is 25.9. The van der Waals surface area contributed by atoms with Gasteiger partial charge in [0, 0.05) is 13.2 Å². The number of amides is 1. The van der Waals surface area contributed by atoms with Crippen LogP contribution in [0, 0.1) is 5.41 Å². The quantitative estimate of drug-likeness (QED) is 0.604. The molecule has 1 saturated carbocycles. The van der Waals surface area contributed by atoms with Crippen LogP contribution in [0.2, 0.25) is 0 Å². The van der Waals surface area contributed by atoms with Crippen LogP contribution < -0.4 is 11.1 Å². The third-order valence-electron chi connectivity index (χ3n) is 4.64. The van der Waals surface area contributed by atoms with E-state index in [-0.39, 0.29) is 5.91 Å². The van der Waals surface area contributed by atoms with Crippen LogP contribution in [0.3, 0.4) is 0 Å². The molecule has 1 heterocycles. The Labute approximate surface area is 126 Å². The Bertz CT molecular complexity index is 346. The first-order chi connectivity index (χ1) is 9.65. The van der Waals surface area contributed by atoms with Gasteiger partial charge in [-0.2, -0.15) is 0 Å². The maximum Gasteiger partial charge on any atom is 0.233 e. The molecule has 0 radical (unpaired) electrons. The van der Waals surface area contributed by atoms with Gasteiger partial charge in [-0.05, 0) is 32.1 Å². The van der Waals surface area contributed by atoms with Crippen LogP contribution in [-0.4, -0.2) is 30.2 Å². The second-order valence-electron chi connectivity index (χ2n) is 6.04. The van der Waals surface area contributed by atoms with Gasteiger partial charge in [0.25, 0.3) is 0 Å². The lowest BCUT2D eigenvalue weighted by Gasteiger charge is -2.30. The minimum atomic E-state index is -0.609. The molecule has 5 heteroatoms.